The topological polar surface area (TPSA) is 89.8 Å². The van der Waals surface area contributed by atoms with Crippen molar-refractivity contribution in [2.24, 2.45) is 0 Å². The normalized spacial score (nSPS) is 10.6. The van der Waals surface area contributed by atoms with E-state index in [1.165, 1.54) is 45.6 Å². The van der Waals surface area contributed by atoms with Crippen LogP contribution < -0.4 is 10.7 Å². The third-order valence-corrected chi connectivity index (χ3v) is 5.92. The van der Waals surface area contributed by atoms with Gasteiger partial charge >= 0.3 is 0 Å². The molecule has 0 saturated carbocycles. The minimum absolute atomic E-state index is 0.204. The summed E-state index contributed by atoms with van der Waals surface area (Å²) in [4.78, 5) is 24.7. The third kappa shape index (κ3) is 4.76. The van der Waals surface area contributed by atoms with Crippen molar-refractivity contribution in [1.82, 2.24) is 20.0 Å². The van der Waals surface area contributed by atoms with Gasteiger partial charge in [-0.2, -0.15) is 5.10 Å². The molecular formula is C20H15N5O2S2. The summed E-state index contributed by atoms with van der Waals surface area (Å²) in [6, 6.07) is 20.6. The molecule has 0 bridgehead atoms. The van der Waals surface area contributed by atoms with E-state index in [2.05, 4.69) is 20.6 Å². The molecule has 2 aromatic heterocycles. The first-order chi connectivity index (χ1) is 14.2. The summed E-state index contributed by atoms with van der Waals surface area (Å²) in [7, 11) is 0. The lowest BCUT2D eigenvalue weighted by Crippen LogP contribution is -2.25. The number of carbonyl (C=O) groups is 1. The summed E-state index contributed by atoms with van der Waals surface area (Å²) in [5.74, 6) is 0.141. The van der Waals surface area contributed by atoms with E-state index in [1.54, 1.807) is 0 Å². The number of hydrogen-bond donors (Lipinski definition) is 1. The molecule has 0 aliphatic rings. The van der Waals surface area contributed by atoms with Crippen LogP contribution in [0.3, 0.4) is 0 Å². The van der Waals surface area contributed by atoms with E-state index in [1.807, 2.05) is 60.7 Å². The maximum Gasteiger partial charge on any atom is 0.282 e. The van der Waals surface area contributed by atoms with Crippen molar-refractivity contribution in [2.75, 3.05) is 5.32 Å². The molecular weight excluding hydrogens is 406 g/mol. The van der Waals surface area contributed by atoms with Gasteiger partial charge in [0.15, 0.2) is 10.0 Å². The predicted molar refractivity (Wildman–Crippen MR) is 114 cm³/mol. The molecule has 1 amide bonds. The average molecular weight is 422 g/mol. The molecule has 0 radical (unpaired) electrons. The van der Waals surface area contributed by atoms with Crippen LogP contribution in [-0.4, -0.2) is 25.9 Å². The number of rotatable bonds is 6. The van der Waals surface area contributed by atoms with Gasteiger partial charge in [0.1, 0.15) is 0 Å². The molecule has 9 heteroatoms. The van der Waals surface area contributed by atoms with Crippen LogP contribution in [0.4, 0.5) is 5.13 Å². The lowest BCUT2D eigenvalue weighted by atomic mass is 10.2. The number of para-hydroxylation sites is 1. The summed E-state index contributed by atoms with van der Waals surface area (Å²) in [6.07, 6.45) is 1.53. The minimum atomic E-state index is -0.615. The average Bonchev–Trinajstić information content (AvgIpc) is 3.21. The number of thioether (sulfide) groups is 1. The second-order valence-corrected chi connectivity index (χ2v) is 8.11. The second-order valence-electron chi connectivity index (χ2n) is 5.91. The largest absolute Gasteiger partial charge is 0.295 e. The van der Waals surface area contributed by atoms with Crippen molar-refractivity contribution >= 4 is 34.1 Å². The minimum Gasteiger partial charge on any atom is -0.295 e. The predicted octanol–water partition coefficient (Wildman–Crippen LogP) is 3.63. The van der Waals surface area contributed by atoms with Crippen molar-refractivity contribution in [1.29, 1.82) is 0 Å². The van der Waals surface area contributed by atoms with E-state index < -0.39 is 11.3 Å². The van der Waals surface area contributed by atoms with Crippen molar-refractivity contribution in [3.8, 4) is 5.69 Å². The molecule has 0 saturated heterocycles. The van der Waals surface area contributed by atoms with Gasteiger partial charge in [-0.3, -0.25) is 14.9 Å². The molecule has 1 N–H and O–H groups in total. The highest BCUT2D eigenvalue weighted by Crippen LogP contribution is 2.28. The Morgan fingerprint density at radius 2 is 1.72 bits per heavy atom. The van der Waals surface area contributed by atoms with Crippen molar-refractivity contribution in [2.45, 2.75) is 10.1 Å². The van der Waals surface area contributed by atoms with Gasteiger partial charge in [0, 0.05) is 18.0 Å². The lowest BCUT2D eigenvalue weighted by molar-refractivity contribution is 0.101. The van der Waals surface area contributed by atoms with Gasteiger partial charge < -0.3 is 0 Å². The van der Waals surface area contributed by atoms with Crippen molar-refractivity contribution in [3.63, 3.8) is 0 Å². The maximum absolute atomic E-state index is 12.6. The van der Waals surface area contributed by atoms with Crippen LogP contribution in [-0.2, 0) is 5.75 Å². The Morgan fingerprint density at radius 1 is 1.00 bits per heavy atom. The highest BCUT2D eigenvalue weighted by Gasteiger charge is 2.16. The molecule has 0 atom stereocenters. The van der Waals surface area contributed by atoms with E-state index >= 15 is 0 Å². The van der Waals surface area contributed by atoms with Gasteiger partial charge in [0.25, 0.3) is 5.91 Å². The highest BCUT2D eigenvalue weighted by atomic mass is 32.2. The Kier molecular flexibility index (Phi) is 5.78. The number of carbonyl (C=O) groups excluding carboxylic acids is 1. The number of benzene rings is 2. The van der Waals surface area contributed by atoms with E-state index in [9.17, 15) is 9.59 Å². The van der Waals surface area contributed by atoms with Gasteiger partial charge in [0.2, 0.25) is 10.6 Å². The molecule has 29 heavy (non-hydrogen) atoms. The smallest absolute Gasteiger partial charge is 0.282 e. The number of anilines is 1. The monoisotopic (exact) mass is 421 g/mol. The van der Waals surface area contributed by atoms with E-state index in [-0.39, 0.29) is 5.69 Å². The van der Waals surface area contributed by atoms with Crippen LogP contribution in [0.25, 0.3) is 5.69 Å². The molecule has 0 unspecified atom stereocenters. The molecule has 0 aliphatic carbocycles. The highest BCUT2D eigenvalue weighted by molar-refractivity contribution is 8.00. The summed E-state index contributed by atoms with van der Waals surface area (Å²) in [5, 5.41) is 15.2. The van der Waals surface area contributed by atoms with Gasteiger partial charge in [-0.1, -0.05) is 71.6 Å². The molecule has 4 rings (SSSR count). The third-order valence-electron chi connectivity index (χ3n) is 3.88. The number of nitrogens with one attached hydrogen (secondary N) is 1. The fourth-order valence-electron chi connectivity index (χ4n) is 2.48. The van der Waals surface area contributed by atoms with E-state index in [0.717, 1.165) is 15.8 Å². The Hall–Kier alpha value is -3.30. The van der Waals surface area contributed by atoms with Crippen LogP contribution in [0.15, 0.2) is 82.1 Å². The van der Waals surface area contributed by atoms with E-state index in [4.69, 9.17) is 0 Å². The van der Waals surface area contributed by atoms with Crippen LogP contribution >= 0.6 is 23.1 Å². The van der Waals surface area contributed by atoms with Crippen LogP contribution in [0, 0.1) is 0 Å². The van der Waals surface area contributed by atoms with Gasteiger partial charge in [0.05, 0.1) is 5.69 Å². The molecule has 144 valence electrons. The first kappa shape index (κ1) is 19.0. The number of aromatic nitrogens is 4. The first-order valence-corrected chi connectivity index (χ1v) is 10.5. The zero-order valence-electron chi connectivity index (χ0n) is 15.1. The fourth-order valence-corrected chi connectivity index (χ4v) is 4.19. The molecule has 7 nitrogen and oxygen atoms in total. The zero-order valence-corrected chi connectivity index (χ0v) is 16.7. The number of hydrogen-bond acceptors (Lipinski definition) is 7. The van der Waals surface area contributed by atoms with Crippen molar-refractivity contribution < 1.29 is 4.79 Å². The quantitative estimate of drug-likeness (QED) is 0.378. The van der Waals surface area contributed by atoms with Crippen molar-refractivity contribution in [3.05, 3.63) is 94.4 Å². The maximum atomic E-state index is 12.6. The van der Waals surface area contributed by atoms with Crippen LogP contribution in [0.1, 0.15) is 16.1 Å². The molecule has 0 spiro atoms. The van der Waals surface area contributed by atoms with Gasteiger partial charge in [-0.15, -0.1) is 10.2 Å². The van der Waals surface area contributed by atoms with E-state index in [0.29, 0.717) is 5.13 Å². The standard InChI is InChI=1S/C20H15N5O2S2/c26-16-11-12-25(15-9-5-2-6-10-15)24-17(16)18(27)21-19-22-23-20(29-19)28-13-14-7-3-1-4-8-14/h1-12H,13H2,(H,21,22,27). The van der Waals surface area contributed by atoms with Gasteiger partial charge in [-0.25, -0.2) is 4.68 Å². The summed E-state index contributed by atoms with van der Waals surface area (Å²) in [5.41, 5.74) is 1.26. The lowest BCUT2D eigenvalue weighted by Gasteiger charge is -2.06. The number of amides is 1. The van der Waals surface area contributed by atoms with Crippen LogP contribution in [0.2, 0.25) is 0 Å². The molecule has 0 aliphatic heterocycles. The zero-order chi connectivity index (χ0) is 20.1. The molecule has 2 heterocycles. The second kappa shape index (κ2) is 8.80. The molecule has 4 aromatic rings. The Morgan fingerprint density at radius 3 is 2.48 bits per heavy atom. The Labute approximate surface area is 174 Å². The summed E-state index contributed by atoms with van der Waals surface area (Å²) >= 11 is 2.79. The summed E-state index contributed by atoms with van der Waals surface area (Å²) < 4.78 is 2.21. The molecule has 0 fully saturated rings. The number of nitrogens with zero attached hydrogens (tertiary/aromatic N) is 4. The fraction of sp³-hybridized carbons (Fsp3) is 0.0500. The van der Waals surface area contributed by atoms with Crippen LogP contribution in [0.5, 0.6) is 0 Å². The Bertz CT molecular complexity index is 1180. The van der Waals surface area contributed by atoms with Gasteiger partial charge in [-0.05, 0) is 17.7 Å². The first-order valence-electron chi connectivity index (χ1n) is 8.66. The Balaban J connectivity index is 1.46. The SMILES string of the molecule is O=C(Nc1nnc(SCc2ccccc2)s1)c1nn(-c2ccccc2)ccc1=O. The summed E-state index contributed by atoms with van der Waals surface area (Å²) in [6.45, 7) is 0. The molecule has 2 aromatic carbocycles.